The molecular formula is C31H40ClN3O5S. The van der Waals surface area contributed by atoms with Crippen LogP contribution in [0.15, 0.2) is 42.5 Å². The van der Waals surface area contributed by atoms with Crippen LogP contribution < -0.4 is 14.4 Å². The van der Waals surface area contributed by atoms with Gasteiger partial charge in [0.15, 0.2) is 11.6 Å². The SMILES string of the molecule is C[C@@H]1[C@@H](C)C/C=C/[C@](C)(O)[C@@H]2CC[C@H]2CN2CCCCc3cc(Cl)ccc3COc3ccc(nc32)C(=O)NS1(=O)=O. The van der Waals surface area contributed by atoms with Gasteiger partial charge in [0.2, 0.25) is 10.0 Å². The first-order valence-electron chi connectivity index (χ1n) is 14.6. The number of nitrogens with one attached hydrogen (secondary N) is 1. The van der Waals surface area contributed by atoms with Crippen molar-refractivity contribution in [3.63, 3.8) is 0 Å². The predicted molar refractivity (Wildman–Crippen MR) is 161 cm³/mol. The largest absolute Gasteiger partial charge is 0.485 e. The number of sulfonamides is 1. The van der Waals surface area contributed by atoms with Crippen LogP contribution in [0.3, 0.4) is 0 Å². The van der Waals surface area contributed by atoms with E-state index in [0.29, 0.717) is 42.7 Å². The first kappa shape index (κ1) is 29.9. The Hall–Kier alpha value is -2.62. The lowest BCUT2D eigenvalue weighted by atomic mass is 9.65. The lowest BCUT2D eigenvalue weighted by Crippen LogP contribution is -2.48. The van der Waals surface area contributed by atoms with Crippen molar-refractivity contribution >= 4 is 33.3 Å². The van der Waals surface area contributed by atoms with E-state index in [1.165, 1.54) is 6.07 Å². The molecule has 5 rings (SSSR count). The van der Waals surface area contributed by atoms with Crippen molar-refractivity contribution in [2.75, 3.05) is 18.0 Å². The molecule has 8 nitrogen and oxygen atoms in total. The van der Waals surface area contributed by atoms with Gasteiger partial charge in [-0.2, -0.15) is 0 Å². The third kappa shape index (κ3) is 6.57. The van der Waals surface area contributed by atoms with E-state index in [1.807, 2.05) is 44.2 Å². The van der Waals surface area contributed by atoms with Crippen molar-refractivity contribution in [2.45, 2.75) is 76.8 Å². The predicted octanol–water partition coefficient (Wildman–Crippen LogP) is 5.28. The monoisotopic (exact) mass is 601 g/mol. The lowest BCUT2D eigenvalue weighted by molar-refractivity contribution is -0.0313. The van der Waals surface area contributed by atoms with Crippen LogP contribution in [0.4, 0.5) is 5.82 Å². The summed E-state index contributed by atoms with van der Waals surface area (Å²) in [4.78, 5) is 20.1. The molecule has 2 aliphatic heterocycles. The quantitative estimate of drug-likeness (QED) is 0.396. The first-order chi connectivity index (χ1) is 19.4. The number of allylic oxidation sites excluding steroid dienone is 1. The fraction of sp³-hybridized carbons (Fsp3) is 0.548. The molecule has 0 saturated heterocycles. The first-order valence-corrected chi connectivity index (χ1v) is 16.5. The topological polar surface area (TPSA) is 109 Å². The van der Waals surface area contributed by atoms with Crippen LogP contribution in [-0.4, -0.2) is 48.4 Å². The number of hydrogen-bond donors (Lipinski definition) is 2. The summed E-state index contributed by atoms with van der Waals surface area (Å²) in [5.74, 6) is 0.309. The summed E-state index contributed by atoms with van der Waals surface area (Å²) >= 11 is 6.29. The number of carbonyl (C=O) groups is 1. The molecule has 3 aliphatic rings. The number of carbonyl (C=O) groups excluding carboxylic acids is 1. The van der Waals surface area contributed by atoms with E-state index >= 15 is 0 Å². The maximum Gasteiger partial charge on any atom is 0.283 e. The molecule has 3 heterocycles. The molecular weight excluding hydrogens is 562 g/mol. The number of benzene rings is 1. The average Bonchev–Trinajstić information content (AvgIpc) is 2.92. The fourth-order valence-electron chi connectivity index (χ4n) is 6.18. The normalized spacial score (nSPS) is 31.2. The van der Waals surface area contributed by atoms with Gasteiger partial charge < -0.3 is 14.7 Å². The van der Waals surface area contributed by atoms with Crippen LogP contribution in [0.5, 0.6) is 5.75 Å². The molecule has 5 atom stereocenters. The zero-order chi connectivity index (χ0) is 29.4. The molecule has 1 fully saturated rings. The maximum absolute atomic E-state index is 13.2. The van der Waals surface area contributed by atoms with E-state index in [4.69, 9.17) is 21.3 Å². The molecule has 10 heteroatoms. The van der Waals surface area contributed by atoms with Crippen LogP contribution in [0, 0.1) is 17.8 Å². The van der Waals surface area contributed by atoms with Crippen molar-refractivity contribution < 1.29 is 23.1 Å². The summed E-state index contributed by atoms with van der Waals surface area (Å²) in [6.07, 6.45) is 8.74. The van der Waals surface area contributed by atoms with Gasteiger partial charge >= 0.3 is 0 Å². The molecule has 1 aromatic heterocycles. The summed E-state index contributed by atoms with van der Waals surface area (Å²) in [5.41, 5.74) is 1.20. The number of aliphatic hydroxyl groups is 1. The van der Waals surface area contributed by atoms with E-state index < -0.39 is 26.8 Å². The molecule has 2 aromatic rings. The lowest BCUT2D eigenvalue weighted by Gasteiger charge is -2.46. The van der Waals surface area contributed by atoms with Crippen LogP contribution in [0.2, 0.25) is 5.02 Å². The minimum absolute atomic E-state index is 0.0203. The molecule has 0 spiro atoms. The van der Waals surface area contributed by atoms with Crippen LogP contribution in [0.25, 0.3) is 0 Å². The number of hydrogen-bond acceptors (Lipinski definition) is 7. The Labute approximate surface area is 248 Å². The molecule has 1 aliphatic carbocycles. The number of nitrogens with zero attached hydrogens (tertiary/aromatic N) is 2. The second-order valence-electron chi connectivity index (χ2n) is 12.1. The molecule has 2 N–H and O–H groups in total. The van der Waals surface area contributed by atoms with Gasteiger partial charge in [0, 0.05) is 18.1 Å². The Bertz CT molecular complexity index is 1430. The van der Waals surface area contributed by atoms with Crippen molar-refractivity contribution in [1.29, 1.82) is 0 Å². The second-order valence-corrected chi connectivity index (χ2v) is 14.6. The number of amides is 1. The smallest absolute Gasteiger partial charge is 0.283 e. The summed E-state index contributed by atoms with van der Waals surface area (Å²) in [7, 11) is -3.96. The Morgan fingerprint density at radius 1 is 1.15 bits per heavy atom. The van der Waals surface area contributed by atoms with E-state index in [0.717, 1.165) is 43.2 Å². The fourth-order valence-corrected chi connectivity index (χ4v) is 7.65. The Kier molecular flexibility index (Phi) is 8.69. The summed E-state index contributed by atoms with van der Waals surface area (Å²) in [6.45, 7) is 6.92. The van der Waals surface area contributed by atoms with Gasteiger partial charge in [-0.05, 0) is 106 Å². The zero-order valence-electron chi connectivity index (χ0n) is 24.0. The van der Waals surface area contributed by atoms with Crippen molar-refractivity contribution in [1.82, 2.24) is 9.71 Å². The van der Waals surface area contributed by atoms with Crippen molar-refractivity contribution in [3.8, 4) is 5.75 Å². The van der Waals surface area contributed by atoms with Gasteiger partial charge in [-0.15, -0.1) is 0 Å². The Balaban J connectivity index is 1.56. The molecule has 1 aromatic carbocycles. The number of rotatable bonds is 0. The second kappa shape index (κ2) is 11.9. The number of aryl methyl sites for hydroxylation is 1. The van der Waals surface area contributed by atoms with E-state index in [9.17, 15) is 18.3 Å². The van der Waals surface area contributed by atoms with E-state index in [1.54, 1.807) is 13.0 Å². The Morgan fingerprint density at radius 2 is 1.95 bits per heavy atom. The highest BCUT2D eigenvalue weighted by atomic mass is 35.5. The molecule has 41 heavy (non-hydrogen) atoms. The van der Waals surface area contributed by atoms with Gasteiger partial charge in [0.25, 0.3) is 5.91 Å². The highest BCUT2D eigenvalue weighted by molar-refractivity contribution is 7.90. The minimum Gasteiger partial charge on any atom is -0.485 e. The molecule has 0 unspecified atom stereocenters. The molecule has 1 saturated carbocycles. The number of fused-ring (bicyclic) bond motifs is 3. The van der Waals surface area contributed by atoms with Crippen molar-refractivity contribution in [3.05, 3.63) is 64.3 Å². The molecule has 2 bridgehead atoms. The molecule has 1 amide bonds. The summed E-state index contributed by atoms with van der Waals surface area (Å²) in [5, 5.41) is 11.3. The number of ether oxygens (including phenoxy) is 1. The van der Waals surface area contributed by atoms with Crippen LogP contribution in [0.1, 0.15) is 74.5 Å². The number of aromatic nitrogens is 1. The van der Waals surface area contributed by atoms with E-state index in [2.05, 4.69) is 9.62 Å². The number of halogens is 1. The number of pyridine rings is 1. The van der Waals surface area contributed by atoms with Crippen molar-refractivity contribution in [2.24, 2.45) is 17.8 Å². The summed E-state index contributed by atoms with van der Waals surface area (Å²) < 4.78 is 34.8. The Morgan fingerprint density at radius 3 is 2.71 bits per heavy atom. The standard InChI is InChI=1S/C31H40ClN3O5S/c1-20-7-6-15-31(3,37)26-12-10-23(26)18-35-16-5-4-8-22-17-25(32)11-9-24(22)19-40-28-14-13-27(33-29(28)35)30(36)34-41(38,39)21(20)2/h6,9,11,13-15,17,20-21,23,26,37H,4-5,7-8,10,12,16,18-19H2,1-3H3,(H,34,36)/b15-6+/t20-,21+,23-,26+,31-/m0/s1. The maximum atomic E-state index is 13.2. The van der Waals surface area contributed by atoms with Crippen LogP contribution in [-0.2, 0) is 23.1 Å². The van der Waals surface area contributed by atoms with Gasteiger partial charge in [0.1, 0.15) is 12.3 Å². The summed E-state index contributed by atoms with van der Waals surface area (Å²) in [6, 6.07) is 9.05. The minimum atomic E-state index is -3.96. The van der Waals surface area contributed by atoms with Crippen LogP contribution >= 0.6 is 11.6 Å². The van der Waals surface area contributed by atoms with Gasteiger partial charge in [-0.25, -0.2) is 18.1 Å². The molecule has 222 valence electrons. The average molecular weight is 602 g/mol. The number of anilines is 1. The highest BCUT2D eigenvalue weighted by Gasteiger charge is 2.43. The third-order valence-electron chi connectivity index (χ3n) is 9.16. The van der Waals surface area contributed by atoms with Gasteiger partial charge in [0.05, 0.1) is 10.9 Å². The zero-order valence-corrected chi connectivity index (χ0v) is 25.5. The molecule has 0 radical (unpaired) electrons. The highest BCUT2D eigenvalue weighted by Crippen LogP contribution is 2.44. The van der Waals surface area contributed by atoms with Gasteiger partial charge in [-0.3, -0.25) is 4.79 Å². The third-order valence-corrected chi connectivity index (χ3v) is 11.3. The van der Waals surface area contributed by atoms with Gasteiger partial charge in [-0.1, -0.05) is 36.7 Å². The van der Waals surface area contributed by atoms with E-state index in [-0.39, 0.29) is 23.4 Å².